The van der Waals surface area contributed by atoms with Gasteiger partial charge >= 0.3 is 0 Å². The van der Waals surface area contributed by atoms with Gasteiger partial charge in [-0.15, -0.1) is 0 Å². The second-order valence-corrected chi connectivity index (χ2v) is 7.31. The molecule has 0 aromatic heterocycles. The minimum Gasteiger partial charge on any atom is -0.496 e. The maximum atomic E-state index is 13.3. The highest BCUT2D eigenvalue weighted by Gasteiger charge is 2.34. The number of carbonyl (C=O) groups is 1. The highest BCUT2D eigenvalue weighted by molar-refractivity contribution is 6.05. The van der Waals surface area contributed by atoms with Crippen LogP contribution < -0.4 is 9.64 Å². The second kappa shape index (κ2) is 8.82. The number of amides is 1. The first kappa shape index (κ1) is 19.7. The molecule has 1 aliphatic heterocycles. The number of methoxy groups -OCH3 is 1. The van der Waals surface area contributed by atoms with E-state index in [0.29, 0.717) is 6.42 Å². The molecule has 1 aliphatic rings. The van der Waals surface area contributed by atoms with Crippen LogP contribution in [0.1, 0.15) is 23.6 Å². The quantitative estimate of drug-likeness (QED) is 0.613. The summed E-state index contributed by atoms with van der Waals surface area (Å²) in [7, 11) is 3.58. The summed E-state index contributed by atoms with van der Waals surface area (Å²) in [6, 6.07) is 27.6. The summed E-state index contributed by atoms with van der Waals surface area (Å²) < 4.78 is 5.52. The van der Waals surface area contributed by atoms with Crippen LogP contribution in [0.15, 0.2) is 90.0 Å². The molecule has 0 N–H and O–H groups in total. The minimum absolute atomic E-state index is 0.0416. The monoisotopic (exact) mass is 399 g/mol. The Morgan fingerprint density at radius 2 is 1.63 bits per heavy atom. The number of ether oxygens (including phenoxy) is 1. The van der Waals surface area contributed by atoms with Crippen molar-refractivity contribution in [3.05, 3.63) is 96.1 Å². The smallest absolute Gasteiger partial charge is 0.262 e. The molecule has 0 saturated carbocycles. The van der Waals surface area contributed by atoms with Gasteiger partial charge in [-0.1, -0.05) is 60.7 Å². The molecule has 0 spiro atoms. The lowest BCUT2D eigenvalue weighted by atomic mass is 9.98. The maximum Gasteiger partial charge on any atom is 0.262 e. The minimum atomic E-state index is -0.136. The van der Waals surface area contributed by atoms with E-state index in [9.17, 15) is 4.79 Å². The zero-order chi connectivity index (χ0) is 20.9. The number of hydrogen-bond donors (Lipinski definition) is 0. The molecule has 1 unspecified atom stereocenters. The van der Waals surface area contributed by atoms with Gasteiger partial charge in [0.25, 0.3) is 5.91 Å². The van der Waals surface area contributed by atoms with Crippen LogP contribution in [0.2, 0.25) is 0 Å². The van der Waals surface area contributed by atoms with Crippen LogP contribution in [0.25, 0.3) is 0 Å². The predicted molar refractivity (Wildman–Crippen MR) is 120 cm³/mol. The van der Waals surface area contributed by atoms with Crippen LogP contribution in [0.3, 0.4) is 0 Å². The molecular weight excluding hydrogens is 374 g/mol. The van der Waals surface area contributed by atoms with Crippen molar-refractivity contribution in [1.82, 2.24) is 5.01 Å². The molecule has 152 valence electrons. The summed E-state index contributed by atoms with van der Waals surface area (Å²) in [5.74, 6) is 0.721. The first-order chi connectivity index (χ1) is 14.7. The van der Waals surface area contributed by atoms with Crippen molar-refractivity contribution in [2.24, 2.45) is 5.10 Å². The lowest BCUT2D eigenvalue weighted by Gasteiger charge is -2.25. The van der Waals surface area contributed by atoms with Gasteiger partial charge in [0.15, 0.2) is 0 Å². The van der Waals surface area contributed by atoms with Crippen LogP contribution in [-0.4, -0.2) is 37.3 Å². The van der Waals surface area contributed by atoms with Crippen LogP contribution >= 0.6 is 0 Å². The molecule has 5 nitrogen and oxygen atoms in total. The maximum absolute atomic E-state index is 13.3. The molecule has 0 aliphatic carbocycles. The largest absolute Gasteiger partial charge is 0.496 e. The summed E-state index contributed by atoms with van der Waals surface area (Å²) in [5, 5.41) is 6.40. The van der Waals surface area contributed by atoms with E-state index in [0.717, 1.165) is 28.3 Å². The molecular formula is C25H25N3O2. The SMILES string of the molecule is COc1ccccc1C1=NN(C(=O)CN(C)c2ccccc2)C(c2ccccc2)C1. The summed E-state index contributed by atoms with van der Waals surface area (Å²) in [6.07, 6.45) is 0.644. The van der Waals surface area contributed by atoms with E-state index < -0.39 is 0 Å². The summed E-state index contributed by atoms with van der Waals surface area (Å²) >= 11 is 0. The third-order valence-corrected chi connectivity index (χ3v) is 5.34. The predicted octanol–water partition coefficient (Wildman–Crippen LogP) is 4.51. The van der Waals surface area contributed by atoms with Crippen LogP contribution in [-0.2, 0) is 4.79 Å². The number of anilines is 1. The summed E-state index contributed by atoms with van der Waals surface area (Å²) in [5.41, 5.74) is 3.85. The van der Waals surface area contributed by atoms with Crippen molar-refractivity contribution in [1.29, 1.82) is 0 Å². The normalized spacial score (nSPS) is 15.6. The van der Waals surface area contributed by atoms with Crippen molar-refractivity contribution in [3.8, 4) is 5.75 Å². The first-order valence-corrected chi connectivity index (χ1v) is 10.0. The molecule has 0 radical (unpaired) electrons. The molecule has 0 saturated heterocycles. The van der Waals surface area contributed by atoms with E-state index in [-0.39, 0.29) is 18.5 Å². The van der Waals surface area contributed by atoms with Gasteiger partial charge in [0.2, 0.25) is 0 Å². The fourth-order valence-electron chi connectivity index (χ4n) is 3.77. The number of benzene rings is 3. The van der Waals surface area contributed by atoms with E-state index in [2.05, 4.69) is 0 Å². The van der Waals surface area contributed by atoms with Gasteiger partial charge in [0.1, 0.15) is 5.75 Å². The molecule has 5 heteroatoms. The lowest BCUT2D eigenvalue weighted by molar-refractivity contribution is -0.131. The van der Waals surface area contributed by atoms with E-state index in [1.165, 1.54) is 0 Å². The third-order valence-electron chi connectivity index (χ3n) is 5.34. The number of rotatable bonds is 6. The Balaban J connectivity index is 1.64. The highest BCUT2D eigenvalue weighted by atomic mass is 16.5. The molecule has 1 heterocycles. The topological polar surface area (TPSA) is 45.1 Å². The van der Waals surface area contributed by atoms with Gasteiger partial charge in [-0.3, -0.25) is 4.79 Å². The van der Waals surface area contributed by atoms with Gasteiger partial charge in [-0.05, 0) is 29.8 Å². The average Bonchev–Trinajstić information content (AvgIpc) is 3.25. The Kier molecular flexibility index (Phi) is 5.80. The van der Waals surface area contributed by atoms with E-state index in [1.807, 2.05) is 96.9 Å². The van der Waals surface area contributed by atoms with Crippen molar-refractivity contribution >= 4 is 17.3 Å². The number of likely N-dealkylation sites (N-methyl/N-ethyl adjacent to an activating group) is 1. The van der Waals surface area contributed by atoms with Crippen molar-refractivity contribution in [3.63, 3.8) is 0 Å². The fourth-order valence-corrected chi connectivity index (χ4v) is 3.77. The molecule has 1 amide bonds. The van der Waals surface area contributed by atoms with Crippen LogP contribution in [0.4, 0.5) is 5.69 Å². The van der Waals surface area contributed by atoms with Gasteiger partial charge < -0.3 is 9.64 Å². The van der Waals surface area contributed by atoms with Crippen molar-refractivity contribution in [2.75, 3.05) is 25.6 Å². The van der Waals surface area contributed by atoms with Gasteiger partial charge in [0.05, 0.1) is 25.4 Å². The first-order valence-electron chi connectivity index (χ1n) is 10.0. The van der Waals surface area contributed by atoms with Crippen molar-refractivity contribution in [2.45, 2.75) is 12.5 Å². The Morgan fingerprint density at radius 3 is 2.33 bits per heavy atom. The highest BCUT2D eigenvalue weighted by Crippen LogP contribution is 2.35. The lowest BCUT2D eigenvalue weighted by Crippen LogP contribution is -2.36. The average molecular weight is 399 g/mol. The Hall–Kier alpha value is -3.60. The second-order valence-electron chi connectivity index (χ2n) is 7.31. The Morgan fingerprint density at radius 1 is 1.00 bits per heavy atom. The number of hydrazone groups is 1. The Bertz CT molecular complexity index is 1030. The number of carbonyl (C=O) groups excluding carboxylic acids is 1. The van der Waals surface area contributed by atoms with Gasteiger partial charge in [0, 0.05) is 24.7 Å². The van der Waals surface area contributed by atoms with Crippen LogP contribution in [0.5, 0.6) is 5.75 Å². The molecule has 3 aromatic rings. The standard InChI is InChI=1S/C25H25N3O2/c1-27(20-13-7-4-8-14-20)18-25(29)28-23(19-11-5-3-6-12-19)17-22(26-28)21-15-9-10-16-24(21)30-2/h3-16,23H,17-18H2,1-2H3. The Labute approximate surface area is 177 Å². The molecule has 3 aromatic carbocycles. The summed E-state index contributed by atoms with van der Waals surface area (Å²) in [6.45, 7) is 0.246. The van der Waals surface area contributed by atoms with Crippen LogP contribution in [0, 0.1) is 0 Å². The van der Waals surface area contributed by atoms with E-state index in [4.69, 9.17) is 9.84 Å². The summed E-state index contributed by atoms with van der Waals surface area (Å²) in [4.78, 5) is 15.2. The molecule has 4 rings (SSSR count). The molecule has 0 fully saturated rings. The number of para-hydroxylation sites is 2. The fraction of sp³-hybridized carbons (Fsp3) is 0.200. The van der Waals surface area contributed by atoms with Gasteiger partial charge in [-0.2, -0.15) is 5.10 Å². The zero-order valence-corrected chi connectivity index (χ0v) is 17.2. The number of nitrogens with zero attached hydrogens (tertiary/aromatic N) is 3. The van der Waals surface area contributed by atoms with E-state index in [1.54, 1.807) is 12.1 Å². The van der Waals surface area contributed by atoms with E-state index >= 15 is 0 Å². The van der Waals surface area contributed by atoms with Crippen molar-refractivity contribution < 1.29 is 9.53 Å². The zero-order valence-electron chi connectivity index (χ0n) is 17.2. The molecule has 30 heavy (non-hydrogen) atoms. The molecule has 1 atom stereocenters. The number of hydrogen-bond acceptors (Lipinski definition) is 4. The molecule has 0 bridgehead atoms. The third kappa shape index (κ3) is 4.06. The van der Waals surface area contributed by atoms with Gasteiger partial charge in [-0.25, -0.2) is 5.01 Å².